The van der Waals surface area contributed by atoms with E-state index >= 15 is 0 Å². The van der Waals surface area contributed by atoms with E-state index in [1.165, 1.54) is 0 Å². The number of rotatable bonds is 8. The van der Waals surface area contributed by atoms with Crippen LogP contribution in [0.3, 0.4) is 0 Å². The average Bonchev–Trinajstić information content (AvgIpc) is 3.17. The van der Waals surface area contributed by atoms with Crippen LogP contribution in [0.2, 0.25) is 0 Å². The Morgan fingerprint density at radius 3 is 1.84 bits per heavy atom. The molecule has 37 heavy (non-hydrogen) atoms. The Labute approximate surface area is 222 Å². The van der Waals surface area contributed by atoms with E-state index in [-0.39, 0.29) is 5.91 Å². The summed E-state index contributed by atoms with van der Waals surface area (Å²) in [5.41, 5.74) is 4.45. The molecule has 0 saturated carbocycles. The zero-order valence-electron chi connectivity index (χ0n) is 21.7. The summed E-state index contributed by atoms with van der Waals surface area (Å²) in [6, 6.07) is 17.5. The number of carbonyl (C=O) groups excluding carboxylic acids is 2. The summed E-state index contributed by atoms with van der Waals surface area (Å²) in [4.78, 5) is 30.1. The lowest BCUT2D eigenvalue weighted by atomic mass is 9.75. The minimum absolute atomic E-state index is 0.195. The van der Waals surface area contributed by atoms with Crippen molar-refractivity contribution in [2.45, 2.75) is 33.2 Å². The van der Waals surface area contributed by atoms with Gasteiger partial charge in [-0.1, -0.05) is 18.2 Å². The van der Waals surface area contributed by atoms with E-state index in [1.54, 1.807) is 16.4 Å². The van der Waals surface area contributed by atoms with E-state index in [2.05, 4.69) is 49.6 Å². The standard InChI is InChI=1S/C29H32N4O3S/c1-5-31(6-2)20-10-13-23-26(16-20)36-27-17-21(32(7-3)8-4)11-14-24(27)29(23)25-15-19(18-34)9-12-22(25)28(35)33(29)37-30/h9-18H,5-8,30H2,1-4H3. The van der Waals surface area contributed by atoms with Crippen molar-refractivity contribution < 1.29 is 14.3 Å². The van der Waals surface area contributed by atoms with Crippen molar-refractivity contribution in [3.8, 4) is 11.5 Å². The van der Waals surface area contributed by atoms with Crippen LogP contribution in [0.4, 0.5) is 11.4 Å². The third-order valence-corrected chi connectivity index (χ3v) is 8.23. The monoisotopic (exact) mass is 516 g/mol. The molecule has 0 saturated heterocycles. The molecule has 0 aliphatic carbocycles. The van der Waals surface area contributed by atoms with Crippen LogP contribution in [0.1, 0.15) is 65.1 Å². The highest BCUT2D eigenvalue weighted by Gasteiger charge is 2.57. The van der Waals surface area contributed by atoms with Crippen molar-refractivity contribution in [2.75, 3.05) is 36.0 Å². The van der Waals surface area contributed by atoms with Crippen LogP contribution < -0.4 is 19.7 Å². The van der Waals surface area contributed by atoms with Crippen molar-refractivity contribution in [3.05, 3.63) is 82.4 Å². The first-order valence-corrected chi connectivity index (χ1v) is 13.6. The fourth-order valence-electron chi connectivity index (χ4n) is 5.75. The summed E-state index contributed by atoms with van der Waals surface area (Å²) in [5.74, 6) is 1.15. The van der Waals surface area contributed by atoms with Gasteiger partial charge in [-0.15, -0.1) is 0 Å². The van der Waals surface area contributed by atoms with E-state index in [0.29, 0.717) is 22.6 Å². The fourth-order valence-corrected chi connectivity index (χ4v) is 6.40. The first-order chi connectivity index (χ1) is 18.0. The maximum Gasteiger partial charge on any atom is 0.266 e. The Bertz CT molecular complexity index is 1310. The maximum absolute atomic E-state index is 13.7. The second-order valence-electron chi connectivity index (χ2n) is 9.15. The molecule has 2 aliphatic heterocycles. The number of ether oxygens (including phenoxy) is 1. The molecule has 5 rings (SSSR count). The van der Waals surface area contributed by atoms with E-state index in [1.807, 2.05) is 30.3 Å². The minimum atomic E-state index is -1.04. The molecule has 8 heteroatoms. The Balaban J connectivity index is 1.85. The second-order valence-corrected chi connectivity index (χ2v) is 9.72. The molecular formula is C29H32N4O3S. The summed E-state index contributed by atoms with van der Waals surface area (Å²) in [6.45, 7) is 11.9. The second kappa shape index (κ2) is 9.76. The molecule has 7 nitrogen and oxygen atoms in total. The van der Waals surface area contributed by atoms with Gasteiger partial charge in [0.2, 0.25) is 0 Å². The molecule has 2 aliphatic rings. The van der Waals surface area contributed by atoms with Gasteiger partial charge < -0.3 is 14.5 Å². The van der Waals surface area contributed by atoms with Crippen LogP contribution >= 0.6 is 12.1 Å². The highest BCUT2D eigenvalue weighted by Crippen LogP contribution is 2.59. The van der Waals surface area contributed by atoms with Gasteiger partial charge in [-0.2, -0.15) is 0 Å². The Morgan fingerprint density at radius 2 is 1.38 bits per heavy atom. The number of anilines is 2. The molecule has 0 radical (unpaired) electrons. The molecule has 0 unspecified atom stereocenters. The summed E-state index contributed by atoms with van der Waals surface area (Å²) >= 11 is 0.901. The predicted octanol–water partition coefficient (Wildman–Crippen LogP) is 5.57. The lowest BCUT2D eigenvalue weighted by Crippen LogP contribution is -2.44. The number of amides is 1. The number of aldehydes is 1. The Morgan fingerprint density at radius 1 is 0.838 bits per heavy atom. The van der Waals surface area contributed by atoms with Gasteiger partial charge in [-0.05, 0) is 52.0 Å². The Kier molecular flexibility index (Phi) is 6.64. The van der Waals surface area contributed by atoms with Crippen LogP contribution in [0.25, 0.3) is 0 Å². The van der Waals surface area contributed by atoms with Crippen molar-refractivity contribution in [3.63, 3.8) is 0 Å². The van der Waals surface area contributed by atoms with Gasteiger partial charge in [-0.25, -0.2) is 4.31 Å². The van der Waals surface area contributed by atoms with E-state index in [4.69, 9.17) is 9.88 Å². The van der Waals surface area contributed by atoms with Gasteiger partial charge in [0.05, 0.1) is 0 Å². The van der Waals surface area contributed by atoms with E-state index in [0.717, 1.165) is 72.7 Å². The van der Waals surface area contributed by atoms with Crippen LogP contribution in [-0.2, 0) is 5.54 Å². The molecule has 192 valence electrons. The molecule has 1 spiro atoms. The molecule has 0 fully saturated rings. The molecular weight excluding hydrogens is 484 g/mol. The topological polar surface area (TPSA) is 79.1 Å². The summed E-state index contributed by atoms with van der Waals surface area (Å²) in [7, 11) is 0. The lowest BCUT2D eigenvalue weighted by Gasteiger charge is -2.43. The molecule has 2 heterocycles. The number of nitrogens with two attached hydrogens (primary N) is 1. The van der Waals surface area contributed by atoms with Crippen molar-refractivity contribution >= 4 is 35.7 Å². The highest BCUT2D eigenvalue weighted by atomic mass is 32.2. The number of benzene rings is 3. The van der Waals surface area contributed by atoms with Gasteiger partial charge >= 0.3 is 0 Å². The summed E-state index contributed by atoms with van der Waals surface area (Å²) in [5, 5.41) is 6.23. The summed E-state index contributed by atoms with van der Waals surface area (Å²) in [6.07, 6.45) is 0.810. The minimum Gasteiger partial charge on any atom is -0.456 e. The Hall–Kier alpha value is -3.49. The zero-order valence-corrected chi connectivity index (χ0v) is 22.5. The summed E-state index contributed by atoms with van der Waals surface area (Å²) < 4.78 is 8.24. The molecule has 0 aromatic heterocycles. The lowest BCUT2D eigenvalue weighted by molar-refractivity contribution is 0.0840. The van der Waals surface area contributed by atoms with Crippen LogP contribution in [0, 0.1) is 0 Å². The van der Waals surface area contributed by atoms with Crippen molar-refractivity contribution in [1.82, 2.24) is 4.31 Å². The van der Waals surface area contributed by atoms with Gasteiger partial charge in [0.25, 0.3) is 5.91 Å². The van der Waals surface area contributed by atoms with Crippen LogP contribution in [0.15, 0.2) is 54.6 Å². The van der Waals surface area contributed by atoms with Crippen molar-refractivity contribution in [1.29, 1.82) is 0 Å². The molecule has 3 aromatic carbocycles. The predicted molar refractivity (Wildman–Crippen MR) is 150 cm³/mol. The van der Waals surface area contributed by atoms with Crippen LogP contribution in [-0.4, -0.2) is 42.7 Å². The first-order valence-electron chi connectivity index (χ1n) is 12.8. The molecule has 1 amide bonds. The fraction of sp³-hybridized carbons (Fsp3) is 0.310. The third-order valence-electron chi connectivity index (χ3n) is 7.58. The molecule has 3 aromatic rings. The number of fused-ring (bicyclic) bond motifs is 6. The first kappa shape index (κ1) is 25.2. The third kappa shape index (κ3) is 3.61. The van der Waals surface area contributed by atoms with Crippen molar-refractivity contribution in [2.24, 2.45) is 5.14 Å². The number of hydrogen-bond donors (Lipinski definition) is 1. The molecule has 2 N–H and O–H groups in total. The normalized spacial score (nSPS) is 14.6. The zero-order chi connectivity index (χ0) is 26.3. The average molecular weight is 517 g/mol. The number of carbonyl (C=O) groups is 2. The quantitative estimate of drug-likeness (QED) is 0.310. The van der Waals surface area contributed by atoms with Gasteiger partial charge in [0.15, 0.2) is 0 Å². The van der Waals surface area contributed by atoms with Gasteiger partial charge in [-0.3, -0.25) is 14.7 Å². The van der Waals surface area contributed by atoms with Gasteiger partial charge in [0.1, 0.15) is 23.3 Å². The van der Waals surface area contributed by atoms with E-state index < -0.39 is 5.54 Å². The highest BCUT2D eigenvalue weighted by molar-refractivity contribution is 7.95. The molecule has 0 bridgehead atoms. The number of hydrogen-bond acceptors (Lipinski definition) is 7. The largest absolute Gasteiger partial charge is 0.456 e. The van der Waals surface area contributed by atoms with Crippen LogP contribution in [0.5, 0.6) is 11.5 Å². The maximum atomic E-state index is 13.7. The van der Waals surface area contributed by atoms with E-state index in [9.17, 15) is 9.59 Å². The number of nitrogens with zero attached hydrogens (tertiary/aromatic N) is 3. The molecule has 0 atom stereocenters. The SMILES string of the molecule is CCN(CC)c1ccc2c(c1)Oc1cc(N(CC)CC)ccc1C21c2cc(C=O)ccc2C(=O)N1SN. The van der Waals surface area contributed by atoms with Gasteiger partial charge in [0, 0.05) is 89.6 Å². The smallest absolute Gasteiger partial charge is 0.266 e.